The molecule has 2 heterocycles. The van der Waals surface area contributed by atoms with Gasteiger partial charge in [0.15, 0.2) is 5.16 Å². The molecule has 1 N–H and O–H groups in total. The molecule has 0 aliphatic heterocycles. The van der Waals surface area contributed by atoms with E-state index in [1.54, 1.807) is 18.0 Å². The fourth-order valence-electron chi connectivity index (χ4n) is 1.35. The smallest absolute Gasteiger partial charge is 0.190 e. The van der Waals surface area contributed by atoms with Gasteiger partial charge in [0.1, 0.15) is 11.6 Å². The fourth-order valence-corrected chi connectivity index (χ4v) is 2.21. The summed E-state index contributed by atoms with van der Waals surface area (Å²) in [5.74, 6) is 2.87. The lowest BCUT2D eigenvalue weighted by molar-refractivity contribution is 0.488. The van der Waals surface area contributed by atoms with Crippen LogP contribution in [0.3, 0.4) is 0 Å². The first-order valence-corrected chi connectivity index (χ1v) is 6.48. The monoisotopic (exact) mass is 252 g/mol. The van der Waals surface area contributed by atoms with Gasteiger partial charge in [-0.3, -0.25) is 0 Å². The molecule has 5 nitrogen and oxygen atoms in total. The Morgan fingerprint density at radius 1 is 1.47 bits per heavy atom. The Morgan fingerprint density at radius 3 is 3.00 bits per heavy atom. The largest absolute Gasteiger partial charge is 0.468 e. The van der Waals surface area contributed by atoms with Crippen LogP contribution in [-0.2, 0) is 13.6 Å². The van der Waals surface area contributed by atoms with Gasteiger partial charge < -0.3 is 14.3 Å². The standard InChI is InChI=1S/C11H16N4OS/c1-9-13-14-11(15(9)2)17-7-5-12-8-10-4-3-6-16-10/h3-4,6,12H,5,7-8H2,1-2H3. The normalized spacial score (nSPS) is 10.9. The minimum atomic E-state index is 0.769. The summed E-state index contributed by atoms with van der Waals surface area (Å²) >= 11 is 1.70. The van der Waals surface area contributed by atoms with E-state index >= 15 is 0 Å². The molecule has 0 aliphatic carbocycles. The molecule has 2 aromatic rings. The molecule has 0 amide bonds. The molecule has 0 spiro atoms. The summed E-state index contributed by atoms with van der Waals surface area (Å²) in [6, 6.07) is 3.86. The van der Waals surface area contributed by atoms with E-state index in [1.165, 1.54) is 0 Å². The molecular formula is C11H16N4OS. The van der Waals surface area contributed by atoms with E-state index in [9.17, 15) is 0 Å². The van der Waals surface area contributed by atoms with Crippen LogP contribution in [0.2, 0.25) is 0 Å². The summed E-state index contributed by atoms with van der Waals surface area (Å²) in [4.78, 5) is 0. The van der Waals surface area contributed by atoms with Gasteiger partial charge in [-0.05, 0) is 19.1 Å². The van der Waals surface area contributed by atoms with Crippen molar-refractivity contribution >= 4 is 11.8 Å². The van der Waals surface area contributed by atoms with E-state index in [4.69, 9.17) is 4.42 Å². The molecule has 0 saturated carbocycles. The molecule has 0 radical (unpaired) electrons. The molecule has 92 valence electrons. The zero-order valence-corrected chi connectivity index (χ0v) is 10.8. The molecule has 0 fully saturated rings. The van der Waals surface area contributed by atoms with Crippen LogP contribution >= 0.6 is 11.8 Å². The summed E-state index contributed by atoms with van der Waals surface area (Å²) in [5, 5.41) is 12.4. The molecular weight excluding hydrogens is 236 g/mol. The predicted octanol–water partition coefficient (Wildman–Crippen LogP) is 1.60. The Labute approximate surface area is 105 Å². The Kier molecular flexibility index (Phi) is 4.22. The summed E-state index contributed by atoms with van der Waals surface area (Å²) in [6.07, 6.45) is 1.69. The lowest BCUT2D eigenvalue weighted by Gasteiger charge is -2.02. The Balaban J connectivity index is 1.65. The number of aromatic nitrogens is 3. The topological polar surface area (TPSA) is 55.9 Å². The van der Waals surface area contributed by atoms with Gasteiger partial charge in [-0.1, -0.05) is 11.8 Å². The zero-order chi connectivity index (χ0) is 12.1. The highest BCUT2D eigenvalue weighted by Gasteiger charge is 2.04. The third-order valence-corrected chi connectivity index (χ3v) is 3.46. The Hall–Kier alpha value is -1.27. The third-order valence-electron chi connectivity index (χ3n) is 2.44. The summed E-state index contributed by atoms with van der Waals surface area (Å²) in [7, 11) is 1.98. The van der Waals surface area contributed by atoms with Crippen LogP contribution < -0.4 is 5.32 Å². The average Bonchev–Trinajstić information content (AvgIpc) is 2.93. The van der Waals surface area contributed by atoms with E-state index in [0.717, 1.165) is 35.6 Å². The molecule has 0 atom stereocenters. The van der Waals surface area contributed by atoms with E-state index in [1.807, 2.05) is 30.7 Å². The van der Waals surface area contributed by atoms with E-state index in [2.05, 4.69) is 15.5 Å². The van der Waals surface area contributed by atoms with Crippen molar-refractivity contribution in [3.05, 3.63) is 30.0 Å². The van der Waals surface area contributed by atoms with Gasteiger partial charge in [-0.25, -0.2) is 0 Å². The summed E-state index contributed by atoms with van der Waals surface area (Å²) in [5.41, 5.74) is 0. The third kappa shape index (κ3) is 3.34. The van der Waals surface area contributed by atoms with Gasteiger partial charge in [-0.15, -0.1) is 10.2 Å². The number of nitrogens with zero attached hydrogens (tertiary/aromatic N) is 3. The maximum Gasteiger partial charge on any atom is 0.190 e. The van der Waals surface area contributed by atoms with Gasteiger partial charge >= 0.3 is 0 Å². The van der Waals surface area contributed by atoms with Gasteiger partial charge in [0.2, 0.25) is 0 Å². The van der Waals surface area contributed by atoms with Crippen LogP contribution in [0.5, 0.6) is 0 Å². The highest BCUT2D eigenvalue weighted by molar-refractivity contribution is 7.99. The number of hydrogen-bond acceptors (Lipinski definition) is 5. The number of aryl methyl sites for hydroxylation is 1. The molecule has 6 heteroatoms. The van der Waals surface area contributed by atoms with Crippen molar-refractivity contribution in [1.82, 2.24) is 20.1 Å². The number of rotatable bonds is 6. The van der Waals surface area contributed by atoms with E-state index in [0.29, 0.717) is 0 Å². The summed E-state index contributed by atoms with van der Waals surface area (Å²) in [6.45, 7) is 3.63. The number of furan rings is 1. The lowest BCUT2D eigenvalue weighted by Crippen LogP contribution is -2.16. The lowest BCUT2D eigenvalue weighted by atomic mass is 10.4. The molecule has 0 bridgehead atoms. The van der Waals surface area contributed by atoms with Crippen LogP contribution in [0.15, 0.2) is 28.0 Å². The minimum Gasteiger partial charge on any atom is -0.468 e. The minimum absolute atomic E-state index is 0.769. The van der Waals surface area contributed by atoms with Gasteiger partial charge in [0, 0.05) is 19.3 Å². The van der Waals surface area contributed by atoms with Crippen molar-refractivity contribution < 1.29 is 4.42 Å². The number of nitrogens with one attached hydrogen (secondary N) is 1. The highest BCUT2D eigenvalue weighted by Crippen LogP contribution is 2.14. The second-order valence-corrected chi connectivity index (χ2v) is 4.76. The maximum atomic E-state index is 5.23. The quantitative estimate of drug-likeness (QED) is 0.625. The van der Waals surface area contributed by atoms with Crippen LogP contribution in [0.1, 0.15) is 11.6 Å². The van der Waals surface area contributed by atoms with Gasteiger partial charge in [-0.2, -0.15) is 0 Å². The first kappa shape index (κ1) is 12.2. The molecule has 0 aromatic carbocycles. The molecule has 17 heavy (non-hydrogen) atoms. The molecule has 0 aliphatic rings. The average molecular weight is 252 g/mol. The highest BCUT2D eigenvalue weighted by atomic mass is 32.2. The predicted molar refractivity (Wildman–Crippen MR) is 66.9 cm³/mol. The van der Waals surface area contributed by atoms with Gasteiger partial charge in [0.25, 0.3) is 0 Å². The zero-order valence-electron chi connectivity index (χ0n) is 10.0. The first-order chi connectivity index (χ1) is 8.27. The first-order valence-electron chi connectivity index (χ1n) is 5.49. The maximum absolute atomic E-state index is 5.23. The second-order valence-electron chi connectivity index (χ2n) is 3.69. The fraction of sp³-hybridized carbons (Fsp3) is 0.455. The van der Waals surface area contributed by atoms with Crippen molar-refractivity contribution in [3.8, 4) is 0 Å². The van der Waals surface area contributed by atoms with Crippen molar-refractivity contribution in [2.45, 2.75) is 18.6 Å². The van der Waals surface area contributed by atoms with E-state index in [-0.39, 0.29) is 0 Å². The van der Waals surface area contributed by atoms with Crippen LogP contribution in [-0.4, -0.2) is 27.1 Å². The molecule has 2 rings (SSSR count). The SMILES string of the molecule is Cc1nnc(SCCNCc2ccco2)n1C. The van der Waals surface area contributed by atoms with Crippen molar-refractivity contribution in [2.75, 3.05) is 12.3 Å². The second kappa shape index (κ2) is 5.88. The van der Waals surface area contributed by atoms with Gasteiger partial charge in [0.05, 0.1) is 12.8 Å². The summed E-state index contributed by atoms with van der Waals surface area (Å²) < 4.78 is 7.22. The van der Waals surface area contributed by atoms with Crippen molar-refractivity contribution in [1.29, 1.82) is 0 Å². The van der Waals surface area contributed by atoms with Crippen molar-refractivity contribution in [2.24, 2.45) is 7.05 Å². The molecule has 0 unspecified atom stereocenters. The number of thioether (sulfide) groups is 1. The van der Waals surface area contributed by atoms with Crippen LogP contribution in [0, 0.1) is 6.92 Å². The molecule has 2 aromatic heterocycles. The number of hydrogen-bond donors (Lipinski definition) is 1. The Bertz CT molecular complexity index is 452. The van der Waals surface area contributed by atoms with Crippen LogP contribution in [0.25, 0.3) is 0 Å². The van der Waals surface area contributed by atoms with E-state index < -0.39 is 0 Å². The van der Waals surface area contributed by atoms with Crippen LogP contribution in [0.4, 0.5) is 0 Å². The molecule has 0 saturated heterocycles. The Morgan fingerprint density at radius 2 is 2.35 bits per heavy atom. The van der Waals surface area contributed by atoms with Crippen molar-refractivity contribution in [3.63, 3.8) is 0 Å².